The van der Waals surface area contributed by atoms with E-state index in [2.05, 4.69) is 20.5 Å². The lowest BCUT2D eigenvalue weighted by Gasteiger charge is -2.15. The Kier molecular flexibility index (Phi) is 4.22. The zero-order valence-corrected chi connectivity index (χ0v) is 11.6. The van der Waals surface area contributed by atoms with Crippen molar-refractivity contribution in [3.8, 4) is 0 Å². The molecule has 1 heterocycles. The van der Waals surface area contributed by atoms with Gasteiger partial charge in [-0.2, -0.15) is 4.98 Å². The van der Waals surface area contributed by atoms with Gasteiger partial charge in [0.05, 0.1) is 6.04 Å². The van der Waals surface area contributed by atoms with E-state index in [0.29, 0.717) is 10.8 Å². The van der Waals surface area contributed by atoms with Gasteiger partial charge in [0.15, 0.2) is 11.0 Å². The molecule has 1 atom stereocenters. The van der Waals surface area contributed by atoms with Gasteiger partial charge in [-0.05, 0) is 36.2 Å². The predicted octanol–water partition coefficient (Wildman–Crippen LogP) is 4.00. The molecule has 0 aliphatic rings. The van der Waals surface area contributed by atoms with Crippen LogP contribution in [0, 0.1) is 0 Å². The number of hydrogen-bond acceptors (Lipinski definition) is 4. The van der Waals surface area contributed by atoms with Gasteiger partial charge >= 0.3 is 0 Å². The van der Waals surface area contributed by atoms with E-state index in [1.165, 1.54) is 0 Å². The van der Waals surface area contributed by atoms with Crippen LogP contribution < -0.4 is 5.32 Å². The smallest absolute Gasteiger partial charge is 0.245 e. The lowest BCUT2D eigenvalue weighted by Crippen LogP contribution is -2.09. The third kappa shape index (κ3) is 3.22. The van der Waals surface area contributed by atoms with E-state index in [9.17, 15) is 0 Å². The van der Waals surface area contributed by atoms with E-state index in [-0.39, 0.29) is 16.5 Å². The normalized spacial score (nSPS) is 12.2. The van der Waals surface area contributed by atoms with E-state index in [1.54, 1.807) is 0 Å². The summed E-state index contributed by atoms with van der Waals surface area (Å²) >= 11 is 17.5. The number of nitrogens with one attached hydrogen (secondary N) is 1. The van der Waals surface area contributed by atoms with Crippen molar-refractivity contribution in [2.24, 2.45) is 0 Å². The summed E-state index contributed by atoms with van der Waals surface area (Å²) in [5, 5.41) is 11.2. The minimum Gasteiger partial charge on any atom is -0.361 e. The topological polar surface area (TPSA) is 50.7 Å². The molecule has 1 aromatic heterocycles. The molecule has 94 valence electrons. The van der Waals surface area contributed by atoms with Gasteiger partial charge in [-0.3, -0.25) is 0 Å². The van der Waals surface area contributed by atoms with Crippen molar-refractivity contribution >= 4 is 40.6 Å². The molecular formula is C11H9Cl3N4. The molecule has 1 aromatic carbocycles. The van der Waals surface area contributed by atoms with Crippen LogP contribution in [0.25, 0.3) is 0 Å². The SMILES string of the molecule is CC(Nc1nc(Cl)nnc1Cl)c1cccc(Cl)c1. The van der Waals surface area contributed by atoms with E-state index in [4.69, 9.17) is 34.8 Å². The van der Waals surface area contributed by atoms with Crippen LogP contribution >= 0.6 is 34.8 Å². The molecule has 1 N–H and O–H groups in total. The van der Waals surface area contributed by atoms with Crippen LogP contribution in [-0.2, 0) is 0 Å². The summed E-state index contributed by atoms with van der Waals surface area (Å²) in [4.78, 5) is 3.98. The molecule has 2 aromatic rings. The molecule has 4 nitrogen and oxygen atoms in total. The second-order valence-corrected chi connectivity index (χ2v) is 4.77. The maximum atomic E-state index is 5.94. The third-order valence-corrected chi connectivity index (χ3v) is 2.97. The molecule has 0 radical (unpaired) electrons. The summed E-state index contributed by atoms with van der Waals surface area (Å²) in [5.74, 6) is 0.393. The van der Waals surface area contributed by atoms with Crippen LogP contribution in [0.2, 0.25) is 15.5 Å². The van der Waals surface area contributed by atoms with Crippen LogP contribution in [0.1, 0.15) is 18.5 Å². The van der Waals surface area contributed by atoms with E-state index >= 15 is 0 Å². The van der Waals surface area contributed by atoms with E-state index in [0.717, 1.165) is 5.56 Å². The first-order valence-electron chi connectivity index (χ1n) is 5.14. The fourth-order valence-corrected chi connectivity index (χ4v) is 1.91. The Morgan fingerprint density at radius 1 is 1.17 bits per heavy atom. The zero-order chi connectivity index (χ0) is 13.1. The first-order chi connectivity index (χ1) is 8.56. The molecule has 18 heavy (non-hydrogen) atoms. The van der Waals surface area contributed by atoms with Crippen molar-refractivity contribution in [2.75, 3.05) is 5.32 Å². The Bertz CT molecular complexity index is 562. The summed E-state index contributed by atoms with van der Waals surface area (Å²) in [5.41, 5.74) is 1.01. The summed E-state index contributed by atoms with van der Waals surface area (Å²) in [6.07, 6.45) is 0. The minimum absolute atomic E-state index is 0.0334. The average Bonchev–Trinajstić information content (AvgIpc) is 2.34. The van der Waals surface area contributed by atoms with Gasteiger partial charge in [-0.15, -0.1) is 10.2 Å². The number of anilines is 1. The average molecular weight is 304 g/mol. The fraction of sp³-hybridized carbons (Fsp3) is 0.182. The van der Waals surface area contributed by atoms with Gasteiger partial charge in [-0.25, -0.2) is 0 Å². The maximum absolute atomic E-state index is 5.94. The molecular weight excluding hydrogens is 295 g/mol. The lowest BCUT2D eigenvalue weighted by atomic mass is 10.1. The molecule has 1 unspecified atom stereocenters. The molecule has 0 fully saturated rings. The molecule has 2 rings (SSSR count). The van der Waals surface area contributed by atoms with Gasteiger partial charge in [-0.1, -0.05) is 35.3 Å². The Labute approximate surface area is 119 Å². The number of halogens is 3. The summed E-state index contributed by atoms with van der Waals surface area (Å²) in [7, 11) is 0. The highest BCUT2D eigenvalue weighted by Gasteiger charge is 2.11. The zero-order valence-electron chi connectivity index (χ0n) is 9.36. The molecule has 0 amide bonds. The maximum Gasteiger partial charge on any atom is 0.245 e. The lowest BCUT2D eigenvalue weighted by molar-refractivity contribution is 0.859. The van der Waals surface area contributed by atoms with Gasteiger partial charge in [0, 0.05) is 5.02 Å². The summed E-state index contributed by atoms with van der Waals surface area (Å²) in [6, 6.07) is 7.47. The fourth-order valence-electron chi connectivity index (χ4n) is 1.45. The van der Waals surface area contributed by atoms with Gasteiger partial charge < -0.3 is 5.32 Å². The second-order valence-electron chi connectivity index (χ2n) is 3.64. The van der Waals surface area contributed by atoms with E-state index in [1.807, 2.05) is 31.2 Å². The van der Waals surface area contributed by atoms with Crippen LogP contribution in [0.5, 0.6) is 0 Å². The summed E-state index contributed by atoms with van der Waals surface area (Å²) in [6.45, 7) is 1.96. The number of hydrogen-bond donors (Lipinski definition) is 1. The van der Waals surface area contributed by atoms with Gasteiger partial charge in [0.2, 0.25) is 5.28 Å². The highest BCUT2D eigenvalue weighted by atomic mass is 35.5. The molecule has 0 saturated heterocycles. The molecule has 0 aliphatic carbocycles. The van der Waals surface area contributed by atoms with Crippen molar-refractivity contribution in [1.29, 1.82) is 0 Å². The van der Waals surface area contributed by atoms with E-state index < -0.39 is 0 Å². The quantitative estimate of drug-likeness (QED) is 0.931. The van der Waals surface area contributed by atoms with Crippen LogP contribution in [-0.4, -0.2) is 15.2 Å². The predicted molar refractivity (Wildman–Crippen MR) is 73.3 cm³/mol. The molecule has 0 aliphatic heterocycles. The molecule has 0 saturated carbocycles. The largest absolute Gasteiger partial charge is 0.361 e. The van der Waals surface area contributed by atoms with Gasteiger partial charge in [0.25, 0.3) is 0 Å². The Hall–Kier alpha value is -1.10. The first-order valence-corrected chi connectivity index (χ1v) is 6.27. The Morgan fingerprint density at radius 3 is 2.67 bits per heavy atom. The summed E-state index contributed by atoms with van der Waals surface area (Å²) < 4.78 is 0. The monoisotopic (exact) mass is 302 g/mol. The minimum atomic E-state index is -0.0334. The highest BCUT2D eigenvalue weighted by Crippen LogP contribution is 2.24. The Balaban J connectivity index is 2.21. The molecule has 0 spiro atoms. The highest BCUT2D eigenvalue weighted by molar-refractivity contribution is 6.32. The van der Waals surface area contributed by atoms with Crippen molar-refractivity contribution in [2.45, 2.75) is 13.0 Å². The van der Waals surface area contributed by atoms with Crippen LogP contribution in [0.4, 0.5) is 5.82 Å². The number of aromatic nitrogens is 3. The third-order valence-electron chi connectivity index (χ3n) is 2.32. The number of benzene rings is 1. The standard InChI is InChI=1S/C11H9Cl3N4/c1-6(7-3-2-4-8(12)5-7)15-10-9(13)17-18-11(14)16-10/h2-6H,1H3,(H,15,16,18). The number of nitrogens with zero attached hydrogens (tertiary/aromatic N) is 3. The van der Waals surface area contributed by atoms with Crippen LogP contribution in [0.3, 0.4) is 0 Å². The van der Waals surface area contributed by atoms with Gasteiger partial charge in [0.1, 0.15) is 0 Å². The van der Waals surface area contributed by atoms with Crippen molar-refractivity contribution in [1.82, 2.24) is 15.2 Å². The Morgan fingerprint density at radius 2 is 1.94 bits per heavy atom. The number of rotatable bonds is 3. The first kappa shape index (κ1) is 13.3. The van der Waals surface area contributed by atoms with Crippen molar-refractivity contribution < 1.29 is 0 Å². The van der Waals surface area contributed by atoms with Crippen molar-refractivity contribution in [3.05, 3.63) is 45.3 Å². The second kappa shape index (κ2) is 5.69. The molecule has 0 bridgehead atoms. The molecule has 7 heteroatoms. The van der Waals surface area contributed by atoms with Crippen molar-refractivity contribution in [3.63, 3.8) is 0 Å². The van der Waals surface area contributed by atoms with Crippen LogP contribution in [0.15, 0.2) is 24.3 Å².